The highest BCUT2D eigenvalue weighted by atomic mass is 79.9. The predicted molar refractivity (Wildman–Crippen MR) is 79.2 cm³/mol. The summed E-state index contributed by atoms with van der Waals surface area (Å²) in [6.45, 7) is 5.25. The number of hydrogen-bond donors (Lipinski definition) is 0. The average Bonchev–Trinajstić information content (AvgIpc) is 2.85. The van der Waals surface area contributed by atoms with Crippen molar-refractivity contribution in [3.63, 3.8) is 0 Å². The van der Waals surface area contributed by atoms with Gasteiger partial charge in [-0.2, -0.15) is 0 Å². The Hall–Kier alpha value is -1.31. The van der Waals surface area contributed by atoms with Gasteiger partial charge in [0, 0.05) is 17.7 Å². The van der Waals surface area contributed by atoms with Crippen LogP contribution in [0.5, 0.6) is 0 Å². The van der Waals surface area contributed by atoms with E-state index in [2.05, 4.69) is 26.2 Å². The van der Waals surface area contributed by atoms with Crippen LogP contribution in [0, 0.1) is 5.82 Å². The van der Waals surface area contributed by atoms with Crippen LogP contribution < -0.4 is 0 Å². The van der Waals surface area contributed by atoms with Gasteiger partial charge in [0.05, 0.1) is 12.7 Å². The van der Waals surface area contributed by atoms with Crippen molar-refractivity contribution < 1.29 is 13.9 Å². The molecular formula is C14H17BrFN3O2. The summed E-state index contributed by atoms with van der Waals surface area (Å²) in [6, 6.07) is 4.72. The summed E-state index contributed by atoms with van der Waals surface area (Å²) in [4.78, 5) is 0. The van der Waals surface area contributed by atoms with Gasteiger partial charge in [-0.3, -0.25) is 0 Å². The van der Waals surface area contributed by atoms with E-state index in [-0.39, 0.29) is 5.82 Å². The number of nitrogens with zero attached hydrogens (tertiary/aromatic N) is 3. The minimum atomic E-state index is -0.520. The zero-order chi connectivity index (χ0) is 15.2. The Morgan fingerprint density at radius 2 is 1.95 bits per heavy atom. The zero-order valence-electron chi connectivity index (χ0n) is 11.9. The molecule has 0 unspecified atom stereocenters. The molecule has 0 bridgehead atoms. The summed E-state index contributed by atoms with van der Waals surface area (Å²) in [7, 11) is 0. The van der Waals surface area contributed by atoms with E-state index in [0.29, 0.717) is 29.9 Å². The van der Waals surface area contributed by atoms with Crippen molar-refractivity contribution in [2.75, 3.05) is 13.2 Å². The van der Waals surface area contributed by atoms with Crippen molar-refractivity contribution in [2.24, 2.45) is 0 Å². The van der Waals surface area contributed by atoms with Crippen LogP contribution in [0.15, 0.2) is 28.9 Å². The fraction of sp³-hybridized carbons (Fsp3) is 0.429. The molecule has 0 spiro atoms. The van der Waals surface area contributed by atoms with E-state index in [1.807, 2.05) is 19.9 Å². The van der Waals surface area contributed by atoms with Gasteiger partial charge in [0.25, 0.3) is 0 Å². The normalized spacial score (nSPS) is 11.3. The Morgan fingerprint density at radius 1 is 1.24 bits per heavy atom. The molecule has 0 aliphatic carbocycles. The molecule has 0 fully saturated rings. The number of halogens is 2. The highest BCUT2D eigenvalue weighted by Gasteiger charge is 2.15. The average molecular weight is 358 g/mol. The van der Waals surface area contributed by atoms with Crippen molar-refractivity contribution in [1.29, 1.82) is 0 Å². The van der Waals surface area contributed by atoms with Crippen molar-refractivity contribution in [3.8, 4) is 0 Å². The van der Waals surface area contributed by atoms with Gasteiger partial charge in [-0.05, 0) is 37.6 Å². The third-order valence-corrected chi connectivity index (χ3v) is 3.16. The largest absolute Gasteiger partial charge is 0.347 e. The van der Waals surface area contributed by atoms with Crippen LogP contribution in [0.25, 0.3) is 0 Å². The molecular weight excluding hydrogens is 341 g/mol. The molecule has 1 aromatic carbocycles. The molecule has 0 aliphatic rings. The molecule has 2 rings (SSSR count). The van der Waals surface area contributed by atoms with Gasteiger partial charge < -0.3 is 9.47 Å². The molecule has 0 amide bonds. The van der Waals surface area contributed by atoms with E-state index in [1.54, 1.807) is 10.9 Å². The summed E-state index contributed by atoms with van der Waals surface area (Å²) < 4.78 is 26.6. The zero-order valence-corrected chi connectivity index (χ0v) is 13.5. The summed E-state index contributed by atoms with van der Waals surface area (Å²) in [6.07, 6.45) is 1.22. The second-order valence-corrected chi connectivity index (χ2v) is 5.28. The van der Waals surface area contributed by atoms with Gasteiger partial charge in [-0.15, -0.1) is 5.10 Å². The molecule has 21 heavy (non-hydrogen) atoms. The first-order valence-corrected chi connectivity index (χ1v) is 7.49. The van der Waals surface area contributed by atoms with Crippen molar-refractivity contribution in [2.45, 2.75) is 26.7 Å². The SMILES string of the molecule is CCOC(OCC)c1cn(Cc2cc(F)cc(Br)c2)nn1. The van der Waals surface area contributed by atoms with Gasteiger partial charge in [0.2, 0.25) is 6.29 Å². The standard InChI is InChI=1S/C14H17BrFN3O2/c1-3-20-14(21-4-2)13-9-19(18-17-13)8-10-5-11(15)7-12(16)6-10/h5-7,9,14H,3-4,8H2,1-2H3. The first kappa shape index (κ1) is 16.1. The number of benzene rings is 1. The molecule has 1 aromatic heterocycles. The molecule has 0 saturated heterocycles. The Morgan fingerprint density at radius 3 is 2.57 bits per heavy atom. The maximum atomic E-state index is 13.3. The molecule has 0 aliphatic heterocycles. The predicted octanol–water partition coefficient (Wildman–Crippen LogP) is 3.30. The van der Waals surface area contributed by atoms with Gasteiger partial charge in [0.15, 0.2) is 0 Å². The smallest absolute Gasteiger partial charge is 0.204 e. The van der Waals surface area contributed by atoms with E-state index >= 15 is 0 Å². The Balaban J connectivity index is 2.11. The van der Waals surface area contributed by atoms with Crippen LogP contribution in [-0.4, -0.2) is 28.2 Å². The van der Waals surface area contributed by atoms with Crippen LogP contribution >= 0.6 is 15.9 Å². The van der Waals surface area contributed by atoms with Gasteiger partial charge >= 0.3 is 0 Å². The Bertz CT molecular complexity index is 565. The van der Waals surface area contributed by atoms with Gasteiger partial charge in [0.1, 0.15) is 11.5 Å². The molecule has 0 N–H and O–H groups in total. The van der Waals surface area contributed by atoms with Crippen molar-refractivity contribution in [1.82, 2.24) is 15.0 Å². The van der Waals surface area contributed by atoms with Crippen molar-refractivity contribution in [3.05, 3.63) is 45.9 Å². The Kier molecular flexibility index (Phi) is 5.84. The Labute approximate surface area is 131 Å². The van der Waals surface area contributed by atoms with Crippen LogP contribution in [0.1, 0.15) is 31.4 Å². The monoisotopic (exact) mass is 357 g/mol. The number of ether oxygens (including phenoxy) is 2. The maximum absolute atomic E-state index is 13.3. The molecule has 114 valence electrons. The van der Waals surface area contributed by atoms with E-state index in [9.17, 15) is 4.39 Å². The van der Waals surface area contributed by atoms with E-state index in [0.717, 1.165) is 5.56 Å². The highest BCUT2D eigenvalue weighted by molar-refractivity contribution is 9.10. The number of aromatic nitrogens is 3. The summed E-state index contributed by atoms with van der Waals surface area (Å²) >= 11 is 3.27. The third kappa shape index (κ3) is 4.59. The van der Waals surface area contributed by atoms with Crippen molar-refractivity contribution >= 4 is 15.9 Å². The van der Waals surface area contributed by atoms with Crippen LogP contribution in [0.4, 0.5) is 4.39 Å². The lowest BCUT2D eigenvalue weighted by Crippen LogP contribution is -2.09. The lowest BCUT2D eigenvalue weighted by atomic mass is 10.2. The molecule has 0 atom stereocenters. The minimum absolute atomic E-state index is 0.291. The number of rotatable bonds is 7. The molecule has 0 saturated carbocycles. The summed E-state index contributed by atoms with van der Waals surface area (Å²) in [5.41, 5.74) is 1.40. The molecule has 0 radical (unpaired) electrons. The summed E-state index contributed by atoms with van der Waals surface area (Å²) in [5.74, 6) is -0.291. The quantitative estimate of drug-likeness (QED) is 0.713. The van der Waals surface area contributed by atoms with Crippen LogP contribution in [-0.2, 0) is 16.0 Å². The van der Waals surface area contributed by atoms with Crippen LogP contribution in [0.2, 0.25) is 0 Å². The second kappa shape index (κ2) is 7.63. The molecule has 2 aromatic rings. The van der Waals surface area contributed by atoms with E-state index in [4.69, 9.17) is 9.47 Å². The molecule has 5 nitrogen and oxygen atoms in total. The first-order valence-electron chi connectivity index (χ1n) is 6.70. The minimum Gasteiger partial charge on any atom is -0.347 e. The second-order valence-electron chi connectivity index (χ2n) is 4.36. The van der Waals surface area contributed by atoms with Gasteiger partial charge in [-0.1, -0.05) is 21.1 Å². The lowest BCUT2D eigenvalue weighted by Gasteiger charge is -2.13. The fourth-order valence-electron chi connectivity index (χ4n) is 1.91. The van der Waals surface area contributed by atoms with Gasteiger partial charge in [-0.25, -0.2) is 9.07 Å². The van der Waals surface area contributed by atoms with E-state index < -0.39 is 6.29 Å². The topological polar surface area (TPSA) is 49.2 Å². The highest BCUT2D eigenvalue weighted by Crippen LogP contribution is 2.18. The maximum Gasteiger partial charge on any atom is 0.204 e. The molecule has 7 heteroatoms. The number of hydrogen-bond acceptors (Lipinski definition) is 4. The molecule has 1 heterocycles. The van der Waals surface area contributed by atoms with Crippen LogP contribution in [0.3, 0.4) is 0 Å². The van der Waals surface area contributed by atoms with E-state index in [1.165, 1.54) is 12.1 Å². The first-order chi connectivity index (χ1) is 10.1. The fourth-order valence-corrected chi connectivity index (χ4v) is 2.42. The lowest BCUT2D eigenvalue weighted by molar-refractivity contribution is -0.142. The summed E-state index contributed by atoms with van der Waals surface area (Å²) in [5, 5.41) is 8.08. The third-order valence-electron chi connectivity index (χ3n) is 2.70.